The van der Waals surface area contributed by atoms with Gasteiger partial charge in [0.05, 0.1) is 0 Å². The predicted octanol–water partition coefficient (Wildman–Crippen LogP) is 3.08. The van der Waals surface area contributed by atoms with Gasteiger partial charge in [-0.05, 0) is 11.8 Å². The molecule has 3 N–H and O–H groups in total. The molecule has 0 radical (unpaired) electrons. The van der Waals surface area contributed by atoms with Crippen LogP contribution in [-0.2, 0) is 0 Å². The van der Waals surface area contributed by atoms with E-state index >= 15 is 0 Å². The number of aromatic nitrogens is 2. The molecule has 0 saturated carbocycles. The average molecular weight is 236 g/mol. The number of hydrogen-bond acceptors (Lipinski definition) is 4. The van der Waals surface area contributed by atoms with Crippen LogP contribution in [0.5, 0.6) is 0 Å². The zero-order valence-corrected chi connectivity index (χ0v) is 11.2. The average Bonchev–Trinajstić information content (AvgIpc) is 2.27. The van der Waals surface area contributed by atoms with E-state index in [9.17, 15) is 0 Å². The van der Waals surface area contributed by atoms with Gasteiger partial charge in [0, 0.05) is 12.6 Å². The molecule has 0 spiro atoms. The fraction of sp³-hybridized carbons (Fsp3) is 0.692. The molecule has 4 nitrogen and oxygen atoms in total. The van der Waals surface area contributed by atoms with Crippen molar-refractivity contribution in [3.63, 3.8) is 0 Å². The second-order valence-corrected chi connectivity index (χ2v) is 5.30. The molecule has 1 aromatic rings. The number of nitrogens with two attached hydrogens (primary N) is 1. The van der Waals surface area contributed by atoms with E-state index in [1.165, 1.54) is 32.0 Å². The molecule has 0 saturated heterocycles. The van der Waals surface area contributed by atoms with Crippen LogP contribution < -0.4 is 11.1 Å². The van der Waals surface area contributed by atoms with Crippen LogP contribution in [0, 0.1) is 5.41 Å². The maximum atomic E-state index is 5.61. The summed E-state index contributed by atoms with van der Waals surface area (Å²) in [6.07, 6.45) is 6.59. The van der Waals surface area contributed by atoms with Crippen LogP contribution in [0.15, 0.2) is 12.4 Å². The molecule has 0 aliphatic heterocycles. The number of nitrogens with one attached hydrogen (secondary N) is 1. The van der Waals surface area contributed by atoms with E-state index in [2.05, 4.69) is 36.1 Å². The maximum absolute atomic E-state index is 5.61. The fourth-order valence-corrected chi connectivity index (χ4v) is 1.74. The Morgan fingerprint density at radius 2 is 2.06 bits per heavy atom. The molecule has 96 valence electrons. The minimum absolute atomic E-state index is 0.287. The highest BCUT2D eigenvalue weighted by Crippen LogP contribution is 2.24. The van der Waals surface area contributed by atoms with Crippen molar-refractivity contribution in [1.82, 2.24) is 9.97 Å². The summed E-state index contributed by atoms with van der Waals surface area (Å²) < 4.78 is 0. The van der Waals surface area contributed by atoms with Crippen molar-refractivity contribution in [1.29, 1.82) is 0 Å². The molecule has 1 aromatic heterocycles. The third-order valence-corrected chi connectivity index (χ3v) is 2.89. The minimum atomic E-state index is 0.287. The van der Waals surface area contributed by atoms with Gasteiger partial charge in [-0.15, -0.1) is 0 Å². The molecule has 1 heterocycles. The van der Waals surface area contributed by atoms with Gasteiger partial charge in [-0.1, -0.05) is 40.0 Å². The molecule has 0 aliphatic rings. The molecule has 0 aromatic carbocycles. The molecule has 0 atom stereocenters. The van der Waals surface area contributed by atoms with Crippen LogP contribution in [0.1, 0.15) is 46.5 Å². The fourth-order valence-electron chi connectivity index (χ4n) is 1.74. The molecule has 0 aliphatic carbocycles. The first-order valence-electron chi connectivity index (χ1n) is 6.35. The van der Waals surface area contributed by atoms with Gasteiger partial charge in [0.1, 0.15) is 18.0 Å². The lowest BCUT2D eigenvalue weighted by Gasteiger charge is -2.25. The molecule has 4 heteroatoms. The molecule has 1 rings (SSSR count). The normalized spacial score (nSPS) is 11.5. The molecule has 0 unspecified atom stereocenters. The molecule has 0 bridgehead atoms. The van der Waals surface area contributed by atoms with E-state index in [1.807, 2.05) is 0 Å². The zero-order chi connectivity index (χ0) is 12.7. The summed E-state index contributed by atoms with van der Waals surface area (Å²) in [7, 11) is 0. The monoisotopic (exact) mass is 236 g/mol. The second kappa shape index (κ2) is 6.42. The molecule has 0 amide bonds. The van der Waals surface area contributed by atoms with E-state index in [0.29, 0.717) is 5.82 Å². The van der Waals surface area contributed by atoms with Crippen LogP contribution in [0.25, 0.3) is 0 Å². The van der Waals surface area contributed by atoms with E-state index in [0.717, 1.165) is 12.4 Å². The Balaban J connectivity index is 2.38. The third-order valence-electron chi connectivity index (χ3n) is 2.89. The van der Waals surface area contributed by atoms with Crippen LogP contribution in [0.3, 0.4) is 0 Å². The van der Waals surface area contributed by atoms with Crippen molar-refractivity contribution in [3.05, 3.63) is 12.4 Å². The van der Waals surface area contributed by atoms with Crippen molar-refractivity contribution < 1.29 is 0 Å². The third kappa shape index (κ3) is 5.52. The summed E-state index contributed by atoms with van der Waals surface area (Å²) in [5.41, 5.74) is 5.89. The molecule has 0 fully saturated rings. The van der Waals surface area contributed by atoms with Crippen molar-refractivity contribution in [2.24, 2.45) is 5.41 Å². The van der Waals surface area contributed by atoms with Crippen molar-refractivity contribution in [2.45, 2.75) is 46.5 Å². The maximum Gasteiger partial charge on any atom is 0.131 e. The number of nitrogen functional groups attached to an aromatic ring is 1. The Morgan fingerprint density at radius 3 is 2.71 bits per heavy atom. The highest BCUT2D eigenvalue weighted by atomic mass is 15.0. The van der Waals surface area contributed by atoms with Crippen LogP contribution in [0.2, 0.25) is 0 Å². The van der Waals surface area contributed by atoms with Gasteiger partial charge >= 0.3 is 0 Å². The molecular formula is C13H24N4. The standard InChI is InChI=1S/C13H24N4/c1-4-5-6-7-13(2,3)9-15-12-8-11(14)16-10-17-12/h8,10H,4-7,9H2,1-3H3,(H3,14,15,16,17). The van der Waals surface area contributed by atoms with Gasteiger partial charge in [0.25, 0.3) is 0 Å². The number of anilines is 2. The number of hydrogen-bond donors (Lipinski definition) is 2. The zero-order valence-electron chi connectivity index (χ0n) is 11.2. The van der Waals surface area contributed by atoms with Gasteiger partial charge < -0.3 is 11.1 Å². The molecular weight excluding hydrogens is 212 g/mol. The number of rotatable bonds is 7. The highest BCUT2D eigenvalue weighted by molar-refractivity contribution is 5.43. The smallest absolute Gasteiger partial charge is 0.131 e. The van der Waals surface area contributed by atoms with Crippen LogP contribution >= 0.6 is 0 Å². The van der Waals surface area contributed by atoms with E-state index < -0.39 is 0 Å². The Kier molecular flexibility index (Phi) is 5.19. The lowest BCUT2D eigenvalue weighted by molar-refractivity contribution is 0.342. The SMILES string of the molecule is CCCCCC(C)(C)CNc1cc(N)ncn1. The summed E-state index contributed by atoms with van der Waals surface area (Å²) in [6.45, 7) is 7.70. The molecule has 17 heavy (non-hydrogen) atoms. The Labute approximate surface area is 104 Å². The van der Waals surface area contributed by atoms with Crippen molar-refractivity contribution in [2.75, 3.05) is 17.6 Å². The van der Waals surface area contributed by atoms with Gasteiger partial charge in [-0.25, -0.2) is 9.97 Å². The summed E-state index contributed by atoms with van der Waals surface area (Å²) in [4.78, 5) is 8.01. The number of nitrogens with zero attached hydrogens (tertiary/aromatic N) is 2. The van der Waals surface area contributed by atoms with Gasteiger partial charge in [0.2, 0.25) is 0 Å². The van der Waals surface area contributed by atoms with Gasteiger partial charge in [-0.2, -0.15) is 0 Å². The van der Waals surface area contributed by atoms with E-state index in [1.54, 1.807) is 6.07 Å². The summed E-state index contributed by atoms with van der Waals surface area (Å²) in [6, 6.07) is 1.77. The van der Waals surface area contributed by atoms with E-state index in [4.69, 9.17) is 5.73 Å². The van der Waals surface area contributed by atoms with Crippen molar-refractivity contribution in [3.8, 4) is 0 Å². The first kappa shape index (κ1) is 13.7. The van der Waals surface area contributed by atoms with Gasteiger partial charge in [0.15, 0.2) is 0 Å². The first-order valence-corrected chi connectivity index (χ1v) is 6.35. The topological polar surface area (TPSA) is 63.8 Å². The Morgan fingerprint density at radius 1 is 1.29 bits per heavy atom. The highest BCUT2D eigenvalue weighted by Gasteiger charge is 2.17. The van der Waals surface area contributed by atoms with E-state index in [-0.39, 0.29) is 5.41 Å². The summed E-state index contributed by atoms with van der Waals surface area (Å²) in [5, 5.41) is 3.32. The van der Waals surface area contributed by atoms with Crippen molar-refractivity contribution >= 4 is 11.6 Å². The Bertz CT molecular complexity index is 336. The lowest BCUT2D eigenvalue weighted by atomic mass is 9.87. The Hall–Kier alpha value is -1.32. The quantitative estimate of drug-likeness (QED) is 0.714. The predicted molar refractivity (Wildman–Crippen MR) is 72.9 cm³/mol. The van der Waals surface area contributed by atoms with Crippen LogP contribution in [-0.4, -0.2) is 16.5 Å². The largest absolute Gasteiger partial charge is 0.384 e. The summed E-state index contributed by atoms with van der Waals surface area (Å²) in [5.74, 6) is 1.31. The van der Waals surface area contributed by atoms with Gasteiger partial charge in [-0.3, -0.25) is 0 Å². The lowest BCUT2D eigenvalue weighted by Crippen LogP contribution is -2.23. The first-order chi connectivity index (χ1) is 8.03. The minimum Gasteiger partial charge on any atom is -0.384 e. The second-order valence-electron chi connectivity index (χ2n) is 5.30. The number of unbranched alkanes of at least 4 members (excludes halogenated alkanes) is 2. The summed E-state index contributed by atoms with van der Waals surface area (Å²) >= 11 is 0. The van der Waals surface area contributed by atoms with Crippen LogP contribution in [0.4, 0.5) is 11.6 Å².